The third-order valence-electron chi connectivity index (χ3n) is 7.56. The number of nitrogens with zero attached hydrogens (tertiary/aromatic N) is 2. The van der Waals surface area contributed by atoms with Gasteiger partial charge in [0.1, 0.15) is 0 Å². The van der Waals surface area contributed by atoms with Crippen molar-refractivity contribution in [2.24, 2.45) is 5.92 Å². The average Bonchev–Trinajstić information content (AvgIpc) is 3.39. The minimum absolute atomic E-state index is 0.0454. The molecule has 6 rings (SSSR count). The van der Waals surface area contributed by atoms with Gasteiger partial charge in [0.2, 0.25) is 0 Å². The fourth-order valence-electron chi connectivity index (χ4n) is 6.26. The van der Waals surface area contributed by atoms with Gasteiger partial charge >= 0.3 is 0 Å². The molecular weight excluding hydrogens is 380 g/mol. The Morgan fingerprint density at radius 1 is 1.31 bits per heavy atom. The molecule has 0 unspecified atom stereocenters. The largest absolute Gasteiger partial charge is 0.504 e. The molecule has 1 aromatic carbocycles. The first kappa shape index (κ1) is 18.6. The molecule has 0 amide bonds. The number of hydrogen-bond donors (Lipinski definition) is 3. The lowest BCUT2D eigenvalue weighted by atomic mass is 9.49. The van der Waals surface area contributed by atoms with Crippen LogP contribution in [-0.4, -0.2) is 62.0 Å². The number of hydrogen-bond acceptors (Lipinski definition) is 7. The highest BCUT2D eigenvalue weighted by atomic mass is 16.9. The minimum Gasteiger partial charge on any atom is -0.504 e. The molecule has 1 aromatic rings. The molecule has 1 saturated heterocycles. The van der Waals surface area contributed by atoms with Crippen LogP contribution >= 0.6 is 0 Å². The van der Waals surface area contributed by atoms with Crippen molar-refractivity contribution in [3.63, 3.8) is 0 Å². The van der Waals surface area contributed by atoms with Crippen molar-refractivity contribution >= 4 is 5.78 Å². The van der Waals surface area contributed by atoms with Crippen LogP contribution in [0, 0.1) is 16.0 Å². The molecule has 2 aliphatic heterocycles. The lowest BCUT2D eigenvalue weighted by molar-refractivity contribution is -0.742. The first-order valence-corrected chi connectivity index (χ1v) is 10.1. The highest BCUT2D eigenvalue weighted by Gasteiger charge is 2.73. The molecule has 1 spiro atoms. The van der Waals surface area contributed by atoms with Crippen LogP contribution in [0.3, 0.4) is 0 Å². The number of Topliss-reactive ketones (excluding diaryl/α,β-unsaturated/α-hetero) is 1. The smallest absolute Gasteiger partial charge is 0.291 e. The van der Waals surface area contributed by atoms with Crippen LogP contribution in [0.2, 0.25) is 0 Å². The maximum absolute atomic E-state index is 12.7. The van der Waals surface area contributed by atoms with Crippen LogP contribution in [0.1, 0.15) is 43.2 Å². The number of ketones is 1. The molecule has 3 fully saturated rings. The van der Waals surface area contributed by atoms with Gasteiger partial charge in [-0.15, -0.1) is 10.1 Å². The number of ether oxygens (including phenoxy) is 1. The molecule has 5 aliphatic rings. The van der Waals surface area contributed by atoms with Crippen LogP contribution in [-0.2, 0) is 16.6 Å². The van der Waals surface area contributed by atoms with Crippen molar-refractivity contribution in [1.29, 1.82) is 0 Å². The Hall–Kier alpha value is -2.39. The molecule has 2 saturated carbocycles. The molecule has 0 aromatic heterocycles. The summed E-state index contributed by atoms with van der Waals surface area (Å²) in [5.41, 5.74) is 0.454. The second kappa shape index (κ2) is 6.06. The number of carbonyl (C=O) groups excluding carboxylic acids is 1. The number of aromatic hydroxyl groups is 1. The maximum atomic E-state index is 12.7. The Bertz CT molecular complexity index is 897. The SMILES string of the molecule is O=C1CC[C@@]2(O)[C@H]3Cc4ccc(O)c5c4[C@@]2(CCN3CC2CC2)[C@H]1O5.O=[N+]([O-])O. The monoisotopic (exact) mass is 404 g/mol. The van der Waals surface area contributed by atoms with Gasteiger partial charge in [-0.3, -0.25) is 9.69 Å². The summed E-state index contributed by atoms with van der Waals surface area (Å²) >= 11 is 0. The number of phenols is 1. The van der Waals surface area contributed by atoms with Crippen LogP contribution in [0.4, 0.5) is 0 Å². The Balaban J connectivity index is 0.000000419. The molecule has 0 radical (unpaired) electrons. The van der Waals surface area contributed by atoms with Crippen LogP contribution in [0.5, 0.6) is 11.5 Å². The quantitative estimate of drug-likeness (QED) is 0.494. The zero-order valence-electron chi connectivity index (χ0n) is 15.9. The summed E-state index contributed by atoms with van der Waals surface area (Å²) < 4.78 is 6.04. The fraction of sp³-hybridized carbons (Fsp3) is 0.650. The predicted octanol–water partition coefficient (Wildman–Crippen LogP) is 1.18. The number of likely N-dealkylation sites (tertiary alicyclic amines) is 1. The van der Waals surface area contributed by atoms with E-state index in [1.54, 1.807) is 6.07 Å². The molecule has 4 atom stereocenters. The third-order valence-corrected chi connectivity index (χ3v) is 7.56. The summed E-state index contributed by atoms with van der Waals surface area (Å²) in [7, 11) is 0. The molecule has 156 valence electrons. The van der Waals surface area contributed by atoms with Gasteiger partial charge in [0.25, 0.3) is 5.09 Å². The van der Waals surface area contributed by atoms with E-state index in [1.165, 1.54) is 12.8 Å². The van der Waals surface area contributed by atoms with Gasteiger partial charge in [0.05, 0.1) is 11.0 Å². The van der Waals surface area contributed by atoms with E-state index in [-0.39, 0.29) is 17.6 Å². The first-order chi connectivity index (χ1) is 13.8. The number of piperidine rings is 1. The summed E-state index contributed by atoms with van der Waals surface area (Å²) in [5, 5.41) is 35.9. The number of aliphatic hydroxyl groups is 1. The Morgan fingerprint density at radius 2 is 2.03 bits per heavy atom. The zero-order valence-corrected chi connectivity index (χ0v) is 15.9. The standard InChI is InChI=1S/C20H23NO4.HNO3/c22-13-4-3-12-9-15-20(24)6-5-14(23)18-19(20,16(12)17(13)25-18)7-8-21(15)10-11-1-2-11;2-1(3)4/h3-4,11,15,18,22,24H,1-2,5-10H2;(H,2,3,4)/t15-,18+,19+,20-;/m1./s1. The highest BCUT2D eigenvalue weighted by Crippen LogP contribution is 2.64. The van der Waals surface area contributed by atoms with E-state index < -0.39 is 22.2 Å². The molecule has 9 nitrogen and oxygen atoms in total. The lowest BCUT2D eigenvalue weighted by Gasteiger charge is -2.62. The van der Waals surface area contributed by atoms with E-state index in [0.717, 1.165) is 43.0 Å². The fourth-order valence-corrected chi connectivity index (χ4v) is 6.26. The summed E-state index contributed by atoms with van der Waals surface area (Å²) in [5.74, 6) is 1.39. The number of benzene rings is 1. The van der Waals surface area contributed by atoms with E-state index in [4.69, 9.17) is 20.1 Å². The van der Waals surface area contributed by atoms with Crippen molar-refractivity contribution in [3.05, 3.63) is 33.4 Å². The van der Waals surface area contributed by atoms with Gasteiger partial charge in [-0.2, -0.15) is 0 Å². The van der Waals surface area contributed by atoms with E-state index in [1.807, 2.05) is 6.07 Å². The highest BCUT2D eigenvalue weighted by molar-refractivity contribution is 5.90. The Kier molecular flexibility index (Phi) is 3.89. The van der Waals surface area contributed by atoms with Crippen LogP contribution < -0.4 is 4.74 Å². The van der Waals surface area contributed by atoms with Crippen LogP contribution in [0.25, 0.3) is 0 Å². The van der Waals surface area contributed by atoms with Crippen molar-refractivity contribution in [2.75, 3.05) is 13.1 Å². The zero-order chi connectivity index (χ0) is 20.6. The second-order valence-corrected chi connectivity index (χ2v) is 8.95. The van der Waals surface area contributed by atoms with Crippen LogP contribution in [0.15, 0.2) is 12.1 Å². The maximum Gasteiger partial charge on any atom is 0.291 e. The van der Waals surface area contributed by atoms with E-state index in [2.05, 4.69) is 4.90 Å². The van der Waals surface area contributed by atoms with Crippen molar-refractivity contribution in [1.82, 2.24) is 4.90 Å². The van der Waals surface area contributed by atoms with Crippen molar-refractivity contribution in [3.8, 4) is 11.5 Å². The summed E-state index contributed by atoms with van der Waals surface area (Å²) in [6, 6.07) is 3.69. The molecule has 9 heteroatoms. The average molecular weight is 404 g/mol. The molecule has 3 aliphatic carbocycles. The number of rotatable bonds is 2. The van der Waals surface area contributed by atoms with Crippen molar-refractivity contribution < 1.29 is 30.0 Å². The van der Waals surface area contributed by atoms with Gasteiger partial charge in [-0.05, 0) is 56.2 Å². The second-order valence-electron chi connectivity index (χ2n) is 8.95. The number of phenolic OH excluding ortho intramolecular Hbond substituents is 1. The van der Waals surface area contributed by atoms with E-state index in [0.29, 0.717) is 18.6 Å². The van der Waals surface area contributed by atoms with E-state index in [9.17, 15) is 15.0 Å². The third kappa shape index (κ3) is 2.43. The molecule has 2 heterocycles. The first-order valence-electron chi connectivity index (χ1n) is 10.1. The number of carbonyl (C=O) groups is 1. The summed E-state index contributed by atoms with van der Waals surface area (Å²) in [4.78, 5) is 23.5. The summed E-state index contributed by atoms with van der Waals surface area (Å²) in [6.45, 7) is 1.95. The van der Waals surface area contributed by atoms with Gasteiger partial charge in [-0.1, -0.05) is 6.07 Å². The van der Waals surface area contributed by atoms with Crippen molar-refractivity contribution in [2.45, 2.75) is 61.7 Å². The Labute approximate surface area is 167 Å². The lowest BCUT2D eigenvalue weighted by Crippen LogP contribution is -2.76. The minimum atomic E-state index is -1.50. The normalized spacial score (nSPS) is 36.5. The molecule has 29 heavy (non-hydrogen) atoms. The van der Waals surface area contributed by atoms with Gasteiger partial charge in [0, 0.05) is 24.6 Å². The molecule has 3 N–H and O–H groups in total. The Morgan fingerprint density at radius 3 is 2.72 bits per heavy atom. The summed E-state index contributed by atoms with van der Waals surface area (Å²) in [6.07, 6.45) is 4.33. The predicted molar refractivity (Wildman–Crippen MR) is 98.6 cm³/mol. The topological polar surface area (TPSA) is 133 Å². The molecular formula is C20H24N2O7. The van der Waals surface area contributed by atoms with E-state index >= 15 is 0 Å². The van der Waals surface area contributed by atoms with Gasteiger partial charge in [0.15, 0.2) is 23.4 Å². The van der Waals surface area contributed by atoms with Gasteiger partial charge < -0.3 is 20.2 Å². The van der Waals surface area contributed by atoms with Gasteiger partial charge in [-0.25, -0.2) is 0 Å². The molecule has 2 bridgehead atoms.